The molecule has 0 amide bonds. The van der Waals surface area contributed by atoms with Crippen LogP contribution in [0.4, 0.5) is 5.69 Å². The molecule has 33 heavy (non-hydrogen) atoms. The summed E-state index contributed by atoms with van der Waals surface area (Å²) in [5.74, 6) is 0. The minimum Gasteiger partial charge on any atom is -1.00 e. The average Bonchev–Trinajstić information content (AvgIpc) is 3.40. The molecule has 4 aromatic carbocycles. The Kier molecular flexibility index (Phi) is 6.20. The van der Waals surface area contributed by atoms with Crippen LogP contribution in [-0.2, 0) is 0 Å². The van der Waals surface area contributed by atoms with Crippen LogP contribution in [0.25, 0.3) is 38.0 Å². The summed E-state index contributed by atoms with van der Waals surface area (Å²) in [6.45, 7) is 5.38. The lowest BCUT2D eigenvalue weighted by atomic mass is 10.1. The number of benzene rings is 4. The van der Waals surface area contributed by atoms with E-state index in [2.05, 4.69) is 114 Å². The first-order valence-electron chi connectivity index (χ1n) is 10.9. The van der Waals surface area contributed by atoms with E-state index < -0.39 is 0 Å². The fourth-order valence-corrected chi connectivity index (χ4v) is 6.91. The summed E-state index contributed by atoms with van der Waals surface area (Å²) >= 11 is 3.69. The predicted octanol–water partition coefficient (Wildman–Crippen LogP) is 4.83. The number of rotatable bonds is 3. The molecule has 0 bridgehead atoms. The first-order chi connectivity index (χ1) is 15.7. The van der Waals surface area contributed by atoms with E-state index in [9.17, 15) is 0 Å². The van der Waals surface area contributed by atoms with Gasteiger partial charge >= 0.3 is 0 Å². The van der Waals surface area contributed by atoms with Gasteiger partial charge in [-0.05, 0) is 48.2 Å². The zero-order valence-corrected chi connectivity index (χ0v) is 22.2. The van der Waals surface area contributed by atoms with E-state index in [1.165, 1.54) is 52.9 Å². The van der Waals surface area contributed by atoms with E-state index in [1.54, 1.807) is 11.3 Å². The molecule has 164 valence electrons. The van der Waals surface area contributed by atoms with Crippen LogP contribution in [0.2, 0.25) is 0 Å². The first kappa shape index (κ1) is 22.4. The van der Waals surface area contributed by atoms with Gasteiger partial charge in [0.05, 0.1) is 10.7 Å². The standard InChI is InChI=1S/C28H23N2S2.HI/c1-3-30-25-15-13-21-9-5-7-11-23(21)28(25)32-26(30)16-19(2)17-29-18-31-27-22-10-6-4-8-20(22)12-14-24(27)29;/h4-18H,3H2,1-2H3;1H/q+1;/p-1. The quantitative estimate of drug-likeness (QED) is 0.224. The zero-order chi connectivity index (χ0) is 21.7. The van der Waals surface area contributed by atoms with Gasteiger partial charge in [-0.15, -0.1) is 0 Å². The lowest BCUT2D eigenvalue weighted by molar-refractivity contribution is -0.534. The molecule has 0 aliphatic carbocycles. The number of allylic oxidation sites excluding steroid dienone is 2. The van der Waals surface area contributed by atoms with Crippen molar-refractivity contribution < 1.29 is 28.5 Å². The van der Waals surface area contributed by atoms with Gasteiger partial charge in [0.25, 0.3) is 0 Å². The van der Waals surface area contributed by atoms with Crippen molar-refractivity contribution in [2.24, 2.45) is 0 Å². The molecule has 0 radical (unpaired) electrons. The molecule has 6 rings (SSSR count). The van der Waals surface area contributed by atoms with Crippen LogP contribution in [0.1, 0.15) is 13.8 Å². The normalized spacial score (nSPS) is 14.9. The Morgan fingerprint density at radius 3 is 2.39 bits per heavy atom. The summed E-state index contributed by atoms with van der Waals surface area (Å²) in [6, 6.07) is 26.2. The second-order valence-electron chi connectivity index (χ2n) is 8.10. The molecule has 1 aromatic heterocycles. The van der Waals surface area contributed by atoms with Crippen molar-refractivity contribution in [3.63, 3.8) is 0 Å². The highest BCUT2D eigenvalue weighted by molar-refractivity contribution is 8.04. The summed E-state index contributed by atoms with van der Waals surface area (Å²) in [7, 11) is 0. The SMILES string of the molecule is CCN1C(=CC(C)=C[n+]2csc3c4ccccc4ccc32)Sc2c1ccc1ccccc21.[I-]. The second kappa shape index (κ2) is 9.12. The molecule has 0 N–H and O–H groups in total. The maximum atomic E-state index is 2.42. The summed E-state index contributed by atoms with van der Waals surface area (Å²) in [5.41, 5.74) is 6.02. The zero-order valence-electron chi connectivity index (χ0n) is 18.5. The van der Waals surface area contributed by atoms with Crippen molar-refractivity contribution >= 4 is 66.7 Å². The van der Waals surface area contributed by atoms with Crippen molar-refractivity contribution in [2.45, 2.75) is 18.7 Å². The molecule has 0 saturated heterocycles. The third-order valence-electron chi connectivity index (χ3n) is 6.05. The minimum absolute atomic E-state index is 0. The smallest absolute Gasteiger partial charge is 0.231 e. The third kappa shape index (κ3) is 3.86. The molecule has 5 heteroatoms. The maximum Gasteiger partial charge on any atom is 0.231 e. The minimum atomic E-state index is 0. The van der Waals surface area contributed by atoms with Crippen LogP contribution < -0.4 is 33.4 Å². The Bertz CT molecular complexity index is 1560. The second-order valence-corrected chi connectivity index (χ2v) is 9.99. The van der Waals surface area contributed by atoms with Gasteiger partial charge in [-0.3, -0.25) is 0 Å². The number of hydrogen-bond acceptors (Lipinski definition) is 3. The Morgan fingerprint density at radius 1 is 0.909 bits per heavy atom. The van der Waals surface area contributed by atoms with E-state index in [0.29, 0.717) is 0 Å². The molecule has 5 aromatic rings. The molecular weight excluding hydrogens is 555 g/mol. The lowest BCUT2D eigenvalue weighted by Crippen LogP contribution is -3.00. The monoisotopic (exact) mass is 578 g/mol. The van der Waals surface area contributed by atoms with E-state index in [-0.39, 0.29) is 24.0 Å². The molecule has 0 unspecified atom stereocenters. The summed E-state index contributed by atoms with van der Waals surface area (Å²) < 4.78 is 3.60. The van der Waals surface area contributed by atoms with Gasteiger partial charge in [0.15, 0.2) is 6.20 Å². The van der Waals surface area contributed by atoms with Gasteiger partial charge in [-0.1, -0.05) is 77.7 Å². The molecule has 2 nitrogen and oxygen atoms in total. The average molecular weight is 579 g/mol. The fraction of sp³-hybridized carbons (Fsp3) is 0.107. The Labute approximate surface area is 219 Å². The Balaban J connectivity index is 0.00000228. The maximum absolute atomic E-state index is 2.42. The number of fused-ring (bicyclic) bond motifs is 6. The molecule has 0 saturated carbocycles. The molecule has 1 aliphatic rings. The van der Waals surface area contributed by atoms with Gasteiger partial charge in [0.1, 0.15) is 4.70 Å². The van der Waals surface area contributed by atoms with E-state index in [0.717, 1.165) is 6.54 Å². The summed E-state index contributed by atoms with van der Waals surface area (Å²) in [6.07, 6.45) is 4.57. The highest BCUT2D eigenvalue weighted by atomic mass is 127. The van der Waals surface area contributed by atoms with E-state index in [1.807, 2.05) is 11.8 Å². The van der Waals surface area contributed by atoms with Gasteiger partial charge < -0.3 is 28.9 Å². The van der Waals surface area contributed by atoms with Gasteiger partial charge in [0, 0.05) is 28.5 Å². The summed E-state index contributed by atoms with van der Waals surface area (Å²) in [5, 5.41) is 6.55. The molecular formula is C28H23IN2S2. The van der Waals surface area contributed by atoms with Crippen LogP contribution in [0, 0.1) is 0 Å². The van der Waals surface area contributed by atoms with Gasteiger partial charge in [-0.25, -0.2) is 0 Å². The highest BCUT2D eigenvalue weighted by Crippen LogP contribution is 2.49. The van der Waals surface area contributed by atoms with Crippen molar-refractivity contribution in [1.29, 1.82) is 0 Å². The Morgan fingerprint density at radius 2 is 1.61 bits per heavy atom. The van der Waals surface area contributed by atoms with E-state index in [4.69, 9.17) is 0 Å². The van der Waals surface area contributed by atoms with Crippen LogP contribution in [0.15, 0.2) is 99.9 Å². The molecule has 0 spiro atoms. The van der Waals surface area contributed by atoms with Crippen LogP contribution in [-0.4, -0.2) is 6.54 Å². The number of thiazole rings is 1. The third-order valence-corrected chi connectivity index (χ3v) is 8.23. The van der Waals surface area contributed by atoms with Gasteiger partial charge in [-0.2, -0.15) is 4.57 Å². The number of aromatic nitrogens is 1. The molecule has 1 aliphatic heterocycles. The van der Waals surface area contributed by atoms with Crippen molar-refractivity contribution in [3.8, 4) is 0 Å². The number of hydrogen-bond donors (Lipinski definition) is 0. The molecule has 0 atom stereocenters. The van der Waals surface area contributed by atoms with Crippen LogP contribution in [0.5, 0.6) is 0 Å². The topological polar surface area (TPSA) is 7.12 Å². The van der Waals surface area contributed by atoms with Crippen molar-refractivity contribution in [2.75, 3.05) is 11.4 Å². The Hall–Kier alpha value is -2.35. The largest absolute Gasteiger partial charge is 1.00 e. The lowest BCUT2D eigenvalue weighted by Gasteiger charge is -2.18. The number of anilines is 1. The van der Waals surface area contributed by atoms with Crippen LogP contribution >= 0.6 is 23.1 Å². The number of nitrogens with zero attached hydrogens (tertiary/aromatic N) is 2. The molecule has 2 heterocycles. The molecule has 0 fully saturated rings. The predicted molar refractivity (Wildman–Crippen MR) is 140 cm³/mol. The highest BCUT2D eigenvalue weighted by Gasteiger charge is 2.26. The van der Waals surface area contributed by atoms with Crippen LogP contribution in [0.3, 0.4) is 0 Å². The van der Waals surface area contributed by atoms with Crippen molar-refractivity contribution in [3.05, 3.63) is 95.0 Å². The fourth-order valence-electron chi connectivity index (χ4n) is 4.54. The first-order valence-corrected chi connectivity index (χ1v) is 12.6. The summed E-state index contributed by atoms with van der Waals surface area (Å²) in [4.78, 5) is 3.79. The van der Waals surface area contributed by atoms with E-state index >= 15 is 0 Å². The number of halogens is 1. The number of thioether (sulfide) groups is 1. The van der Waals surface area contributed by atoms with Crippen molar-refractivity contribution in [1.82, 2.24) is 0 Å². The van der Waals surface area contributed by atoms with Gasteiger partial charge in [0.2, 0.25) is 11.0 Å².